The van der Waals surface area contributed by atoms with Gasteiger partial charge in [-0.25, -0.2) is 4.39 Å². The minimum absolute atomic E-state index is 0.168. The van der Waals surface area contributed by atoms with E-state index in [0.29, 0.717) is 18.9 Å². The van der Waals surface area contributed by atoms with Crippen molar-refractivity contribution >= 4 is 5.78 Å². The van der Waals surface area contributed by atoms with Crippen LogP contribution in [0.2, 0.25) is 0 Å². The molecule has 1 aliphatic rings. The zero-order valence-corrected chi connectivity index (χ0v) is 12.1. The Hall–Kier alpha value is -1.26. The topological polar surface area (TPSA) is 29.5 Å². The number of benzene rings is 1. The second-order valence-electron chi connectivity index (χ2n) is 5.62. The van der Waals surface area contributed by atoms with Gasteiger partial charge in [0.05, 0.1) is 12.6 Å². The molecule has 1 fully saturated rings. The lowest BCUT2D eigenvalue weighted by Crippen LogP contribution is -2.45. The molecular weight excluding hydrogens is 257 g/mol. The molecule has 0 N–H and O–H groups in total. The molecule has 0 bridgehead atoms. The molecule has 2 unspecified atom stereocenters. The summed E-state index contributed by atoms with van der Waals surface area (Å²) in [5.41, 5.74) is 0.866. The molecule has 1 saturated heterocycles. The quantitative estimate of drug-likeness (QED) is 0.828. The van der Waals surface area contributed by atoms with E-state index >= 15 is 0 Å². The van der Waals surface area contributed by atoms with Gasteiger partial charge in [-0.1, -0.05) is 19.1 Å². The number of rotatable bonds is 5. The number of ether oxygens (including phenoxy) is 1. The molecule has 2 atom stereocenters. The van der Waals surface area contributed by atoms with Gasteiger partial charge in [-0.05, 0) is 36.6 Å². The van der Waals surface area contributed by atoms with E-state index in [1.54, 1.807) is 19.2 Å². The summed E-state index contributed by atoms with van der Waals surface area (Å²) in [5.74, 6) is 0.443. The van der Waals surface area contributed by atoms with E-state index in [2.05, 4.69) is 11.8 Å². The highest BCUT2D eigenvalue weighted by Gasteiger charge is 2.26. The lowest BCUT2D eigenvalue weighted by Gasteiger charge is -2.35. The number of hydrogen-bond acceptors (Lipinski definition) is 3. The van der Waals surface area contributed by atoms with Gasteiger partial charge in [-0.2, -0.15) is 0 Å². The summed E-state index contributed by atoms with van der Waals surface area (Å²) >= 11 is 0. The van der Waals surface area contributed by atoms with Gasteiger partial charge in [-0.15, -0.1) is 0 Å². The number of likely N-dealkylation sites (tertiary alicyclic amines) is 1. The lowest BCUT2D eigenvalue weighted by molar-refractivity contribution is -0.120. The summed E-state index contributed by atoms with van der Waals surface area (Å²) in [6.07, 6.45) is 1.63. The first-order chi connectivity index (χ1) is 9.58. The van der Waals surface area contributed by atoms with E-state index in [-0.39, 0.29) is 17.7 Å². The van der Waals surface area contributed by atoms with Gasteiger partial charge in [0.15, 0.2) is 5.78 Å². The minimum atomic E-state index is -0.269. The van der Waals surface area contributed by atoms with Gasteiger partial charge < -0.3 is 4.74 Å². The van der Waals surface area contributed by atoms with Crippen LogP contribution in [0.3, 0.4) is 0 Å². The van der Waals surface area contributed by atoms with Crippen molar-refractivity contribution in [2.24, 2.45) is 5.92 Å². The summed E-state index contributed by atoms with van der Waals surface area (Å²) in [6.45, 7) is 4.39. The van der Waals surface area contributed by atoms with Gasteiger partial charge >= 0.3 is 0 Å². The van der Waals surface area contributed by atoms with Gasteiger partial charge in [0, 0.05) is 20.1 Å². The van der Waals surface area contributed by atoms with Crippen molar-refractivity contribution in [2.45, 2.75) is 25.9 Å². The van der Waals surface area contributed by atoms with Crippen LogP contribution in [0.15, 0.2) is 24.3 Å². The number of Topliss-reactive ketones (excluding diaryl/α,β-unsaturated/α-hetero) is 1. The van der Waals surface area contributed by atoms with E-state index in [9.17, 15) is 9.18 Å². The minimum Gasteiger partial charge on any atom is -0.380 e. The first kappa shape index (κ1) is 15.1. The molecule has 1 aliphatic heterocycles. The first-order valence-electron chi connectivity index (χ1n) is 7.09. The van der Waals surface area contributed by atoms with Crippen LogP contribution in [0.5, 0.6) is 0 Å². The largest absolute Gasteiger partial charge is 0.380 e. The Bertz CT molecular complexity index is 446. The molecule has 1 heterocycles. The van der Waals surface area contributed by atoms with Crippen molar-refractivity contribution in [1.82, 2.24) is 4.90 Å². The molecule has 110 valence electrons. The molecule has 0 aliphatic carbocycles. The normalized spacial score (nSPS) is 23.8. The smallest absolute Gasteiger partial charge is 0.151 e. The van der Waals surface area contributed by atoms with Crippen LogP contribution in [-0.4, -0.2) is 43.5 Å². The Labute approximate surface area is 119 Å². The summed E-state index contributed by atoms with van der Waals surface area (Å²) < 4.78 is 18.3. The van der Waals surface area contributed by atoms with Crippen LogP contribution in [0.4, 0.5) is 4.39 Å². The third-order valence-corrected chi connectivity index (χ3v) is 3.99. The Morgan fingerprint density at radius 1 is 1.40 bits per heavy atom. The van der Waals surface area contributed by atoms with Crippen LogP contribution in [-0.2, 0) is 16.0 Å². The third kappa shape index (κ3) is 4.12. The molecule has 0 saturated carbocycles. The highest BCUT2D eigenvalue weighted by molar-refractivity contribution is 5.82. The number of methoxy groups -OCH3 is 1. The molecule has 2 rings (SSSR count). The van der Waals surface area contributed by atoms with Gasteiger partial charge in [0.25, 0.3) is 0 Å². The van der Waals surface area contributed by atoms with Crippen molar-refractivity contribution in [3.63, 3.8) is 0 Å². The highest BCUT2D eigenvalue weighted by atomic mass is 19.1. The molecule has 1 aromatic rings. The summed E-state index contributed by atoms with van der Waals surface area (Å²) in [7, 11) is 1.73. The number of nitrogens with zero attached hydrogens (tertiary/aromatic N) is 1. The molecule has 0 amide bonds. The number of hydrogen-bond donors (Lipinski definition) is 0. The van der Waals surface area contributed by atoms with E-state index in [1.807, 2.05) is 0 Å². The SMILES string of the molecule is COC1CN(CC(=O)Cc2ccc(F)cc2)CCC1C. The zero-order chi connectivity index (χ0) is 14.5. The summed E-state index contributed by atoms with van der Waals surface area (Å²) in [4.78, 5) is 14.2. The second kappa shape index (κ2) is 6.95. The Morgan fingerprint density at radius 2 is 2.10 bits per heavy atom. The monoisotopic (exact) mass is 279 g/mol. The van der Waals surface area contributed by atoms with Crippen LogP contribution in [0, 0.1) is 11.7 Å². The molecule has 0 aromatic heterocycles. The molecule has 0 spiro atoms. The molecule has 4 heteroatoms. The number of piperidine rings is 1. The molecule has 1 aromatic carbocycles. The van der Waals surface area contributed by atoms with Crippen molar-refractivity contribution in [3.8, 4) is 0 Å². The fourth-order valence-corrected chi connectivity index (χ4v) is 2.68. The molecule has 20 heavy (non-hydrogen) atoms. The fourth-order valence-electron chi connectivity index (χ4n) is 2.68. The van der Waals surface area contributed by atoms with Crippen LogP contribution < -0.4 is 0 Å². The van der Waals surface area contributed by atoms with Gasteiger partial charge in [-0.3, -0.25) is 9.69 Å². The maximum absolute atomic E-state index is 12.8. The van der Waals surface area contributed by atoms with E-state index in [1.165, 1.54) is 12.1 Å². The zero-order valence-electron chi connectivity index (χ0n) is 12.1. The average Bonchev–Trinajstić information content (AvgIpc) is 2.43. The molecule has 3 nitrogen and oxygen atoms in total. The predicted molar refractivity (Wildman–Crippen MR) is 76.1 cm³/mol. The van der Waals surface area contributed by atoms with Gasteiger partial charge in [0.1, 0.15) is 5.82 Å². The van der Waals surface area contributed by atoms with Crippen molar-refractivity contribution < 1.29 is 13.9 Å². The Morgan fingerprint density at radius 3 is 2.75 bits per heavy atom. The van der Waals surface area contributed by atoms with E-state index in [4.69, 9.17) is 4.74 Å². The van der Waals surface area contributed by atoms with Crippen molar-refractivity contribution in [2.75, 3.05) is 26.7 Å². The van der Waals surface area contributed by atoms with Crippen LogP contribution in [0.1, 0.15) is 18.9 Å². The predicted octanol–water partition coefficient (Wildman–Crippen LogP) is 2.29. The summed E-state index contributed by atoms with van der Waals surface area (Å²) in [5, 5.41) is 0. The maximum atomic E-state index is 12.8. The van der Waals surface area contributed by atoms with Crippen molar-refractivity contribution in [1.29, 1.82) is 0 Å². The van der Waals surface area contributed by atoms with Crippen molar-refractivity contribution in [3.05, 3.63) is 35.6 Å². The van der Waals surface area contributed by atoms with Crippen LogP contribution >= 0.6 is 0 Å². The lowest BCUT2D eigenvalue weighted by atomic mass is 9.95. The van der Waals surface area contributed by atoms with E-state index < -0.39 is 0 Å². The summed E-state index contributed by atoms with van der Waals surface area (Å²) in [6, 6.07) is 6.13. The fraction of sp³-hybridized carbons (Fsp3) is 0.562. The van der Waals surface area contributed by atoms with Gasteiger partial charge in [0.2, 0.25) is 0 Å². The molecule has 0 radical (unpaired) electrons. The number of ketones is 1. The Balaban J connectivity index is 1.84. The highest BCUT2D eigenvalue weighted by Crippen LogP contribution is 2.19. The Kier molecular flexibility index (Phi) is 5.26. The number of carbonyl (C=O) groups excluding carboxylic acids is 1. The average molecular weight is 279 g/mol. The van der Waals surface area contributed by atoms with Crippen LogP contribution in [0.25, 0.3) is 0 Å². The number of carbonyl (C=O) groups is 1. The van der Waals surface area contributed by atoms with E-state index in [0.717, 1.165) is 25.1 Å². The molecular formula is C16H22FNO2. The number of halogens is 1. The third-order valence-electron chi connectivity index (χ3n) is 3.99. The maximum Gasteiger partial charge on any atom is 0.151 e. The standard InChI is InChI=1S/C16H22FNO2/c1-12-7-8-18(11-16(12)20-2)10-15(19)9-13-3-5-14(17)6-4-13/h3-6,12,16H,7-11H2,1-2H3. The first-order valence-corrected chi connectivity index (χ1v) is 7.09. The second-order valence-corrected chi connectivity index (χ2v) is 5.62.